The summed E-state index contributed by atoms with van der Waals surface area (Å²) in [7, 11) is 0. The molecule has 1 saturated heterocycles. The van der Waals surface area contributed by atoms with Crippen LogP contribution in [0.1, 0.15) is 19.3 Å². The predicted molar refractivity (Wildman–Crippen MR) is 69.5 cm³/mol. The maximum Gasteiger partial charge on any atom is 0.175 e. The van der Waals surface area contributed by atoms with Crippen molar-refractivity contribution in [3.63, 3.8) is 0 Å². The van der Waals surface area contributed by atoms with Gasteiger partial charge >= 0.3 is 0 Å². The minimum atomic E-state index is -0.176. The molecule has 1 aromatic heterocycles. The van der Waals surface area contributed by atoms with E-state index in [1.807, 2.05) is 6.07 Å². The lowest BCUT2D eigenvalue weighted by Crippen LogP contribution is -2.30. The lowest BCUT2D eigenvalue weighted by molar-refractivity contribution is 0.557. The average molecular weight is 251 g/mol. The second kappa shape index (κ2) is 4.14. The standard InChI is InChI=1S/C12H14FN3S/c13-8-6-9-10(15-12(17)14-9)7-11(8)16-4-2-1-3-5-16/h6-7H,1-5H2,(H2,14,15,17). The Morgan fingerprint density at radius 2 is 1.71 bits per heavy atom. The molecule has 0 radical (unpaired) electrons. The van der Waals surface area contributed by atoms with Crippen LogP contribution in [-0.4, -0.2) is 23.1 Å². The van der Waals surface area contributed by atoms with E-state index in [0.29, 0.717) is 10.5 Å². The summed E-state index contributed by atoms with van der Waals surface area (Å²) in [6.07, 6.45) is 3.52. The molecule has 90 valence electrons. The number of aromatic nitrogens is 2. The van der Waals surface area contributed by atoms with Gasteiger partial charge in [-0.3, -0.25) is 0 Å². The SMILES string of the molecule is Fc1cc2[nH]c(=S)[nH]c2cc1N1CCCCC1. The first kappa shape index (κ1) is 10.8. The Balaban J connectivity index is 2.08. The molecule has 0 spiro atoms. The number of nitrogens with zero attached hydrogens (tertiary/aromatic N) is 1. The van der Waals surface area contributed by atoms with Gasteiger partial charge in [0.2, 0.25) is 0 Å². The third-order valence-electron chi connectivity index (χ3n) is 3.28. The highest BCUT2D eigenvalue weighted by Gasteiger charge is 2.16. The second-order valence-corrected chi connectivity index (χ2v) is 4.88. The van der Waals surface area contributed by atoms with Gasteiger partial charge in [0.25, 0.3) is 0 Å². The average Bonchev–Trinajstić information content (AvgIpc) is 2.68. The lowest BCUT2D eigenvalue weighted by Gasteiger charge is -2.29. The number of piperidine rings is 1. The van der Waals surface area contributed by atoms with E-state index in [1.54, 1.807) is 0 Å². The minimum absolute atomic E-state index is 0.176. The van der Waals surface area contributed by atoms with Gasteiger partial charge in [0.05, 0.1) is 16.7 Å². The highest BCUT2D eigenvalue weighted by Crippen LogP contribution is 2.26. The highest BCUT2D eigenvalue weighted by atomic mass is 32.1. The summed E-state index contributed by atoms with van der Waals surface area (Å²) >= 11 is 5.01. The number of hydrogen-bond donors (Lipinski definition) is 2. The highest BCUT2D eigenvalue weighted by molar-refractivity contribution is 7.71. The van der Waals surface area contributed by atoms with E-state index in [9.17, 15) is 4.39 Å². The zero-order valence-electron chi connectivity index (χ0n) is 9.42. The molecular formula is C12H14FN3S. The van der Waals surface area contributed by atoms with Crippen LogP contribution in [0.15, 0.2) is 12.1 Å². The fraction of sp³-hybridized carbons (Fsp3) is 0.417. The molecule has 1 aromatic carbocycles. The van der Waals surface area contributed by atoms with Crippen molar-refractivity contribution < 1.29 is 4.39 Å². The van der Waals surface area contributed by atoms with Gasteiger partial charge in [-0.05, 0) is 37.5 Å². The number of aromatic amines is 2. The van der Waals surface area contributed by atoms with Gasteiger partial charge in [0.1, 0.15) is 5.82 Å². The number of hydrogen-bond acceptors (Lipinski definition) is 2. The van der Waals surface area contributed by atoms with Crippen molar-refractivity contribution in [2.24, 2.45) is 0 Å². The Kier molecular flexibility index (Phi) is 2.63. The molecule has 17 heavy (non-hydrogen) atoms. The largest absolute Gasteiger partial charge is 0.369 e. The van der Waals surface area contributed by atoms with Crippen molar-refractivity contribution in [1.29, 1.82) is 0 Å². The fourth-order valence-electron chi connectivity index (χ4n) is 2.42. The van der Waals surface area contributed by atoms with Gasteiger partial charge < -0.3 is 14.9 Å². The van der Waals surface area contributed by atoms with Crippen LogP contribution < -0.4 is 4.90 Å². The molecule has 1 aliphatic rings. The van der Waals surface area contributed by atoms with Crippen LogP contribution in [0.25, 0.3) is 11.0 Å². The van der Waals surface area contributed by atoms with Crippen molar-refractivity contribution in [2.45, 2.75) is 19.3 Å². The van der Waals surface area contributed by atoms with Crippen molar-refractivity contribution in [1.82, 2.24) is 9.97 Å². The van der Waals surface area contributed by atoms with Crippen LogP contribution in [0.3, 0.4) is 0 Å². The maximum absolute atomic E-state index is 14.0. The van der Waals surface area contributed by atoms with Crippen molar-refractivity contribution in [3.05, 3.63) is 22.7 Å². The van der Waals surface area contributed by atoms with Crippen LogP contribution in [0.5, 0.6) is 0 Å². The summed E-state index contributed by atoms with van der Waals surface area (Å²) in [5.41, 5.74) is 2.28. The van der Waals surface area contributed by atoms with Crippen LogP contribution in [0.2, 0.25) is 0 Å². The molecule has 0 aliphatic carbocycles. The molecule has 0 amide bonds. The Hall–Kier alpha value is -1.36. The zero-order valence-corrected chi connectivity index (χ0v) is 10.2. The van der Waals surface area contributed by atoms with Gasteiger partial charge in [0.15, 0.2) is 4.77 Å². The van der Waals surface area contributed by atoms with Gasteiger partial charge in [-0.1, -0.05) is 0 Å². The zero-order chi connectivity index (χ0) is 11.8. The summed E-state index contributed by atoms with van der Waals surface area (Å²) in [5, 5.41) is 0. The van der Waals surface area contributed by atoms with Gasteiger partial charge in [-0.2, -0.15) is 0 Å². The molecule has 0 bridgehead atoms. The third-order valence-corrected chi connectivity index (χ3v) is 3.48. The smallest absolute Gasteiger partial charge is 0.175 e. The number of halogens is 1. The summed E-state index contributed by atoms with van der Waals surface area (Å²) < 4.78 is 14.5. The van der Waals surface area contributed by atoms with Crippen molar-refractivity contribution in [2.75, 3.05) is 18.0 Å². The van der Waals surface area contributed by atoms with Crippen LogP contribution >= 0.6 is 12.2 Å². The quantitative estimate of drug-likeness (QED) is 0.762. The summed E-state index contributed by atoms with van der Waals surface area (Å²) in [5.74, 6) is -0.176. The molecule has 3 nitrogen and oxygen atoms in total. The molecule has 2 heterocycles. The first-order valence-electron chi connectivity index (χ1n) is 5.90. The maximum atomic E-state index is 14.0. The number of rotatable bonds is 1. The number of nitrogens with one attached hydrogen (secondary N) is 2. The summed E-state index contributed by atoms with van der Waals surface area (Å²) in [4.78, 5) is 8.07. The van der Waals surface area contributed by atoms with Gasteiger partial charge in [-0.15, -0.1) is 0 Å². The summed E-state index contributed by atoms with van der Waals surface area (Å²) in [6, 6.07) is 3.37. The molecule has 0 atom stereocenters. The van der Waals surface area contributed by atoms with E-state index in [0.717, 1.165) is 37.0 Å². The number of imidazole rings is 1. The van der Waals surface area contributed by atoms with Crippen LogP contribution in [0.4, 0.5) is 10.1 Å². The fourth-order valence-corrected chi connectivity index (χ4v) is 2.64. The predicted octanol–water partition coefficient (Wildman–Crippen LogP) is 3.35. The Morgan fingerprint density at radius 1 is 1.06 bits per heavy atom. The molecule has 2 N–H and O–H groups in total. The number of anilines is 1. The number of benzene rings is 1. The van der Waals surface area contributed by atoms with Gasteiger partial charge in [0, 0.05) is 19.2 Å². The Bertz CT molecular complexity index is 595. The molecule has 0 unspecified atom stereocenters. The minimum Gasteiger partial charge on any atom is -0.369 e. The van der Waals surface area contributed by atoms with Crippen molar-refractivity contribution in [3.8, 4) is 0 Å². The first-order valence-corrected chi connectivity index (χ1v) is 6.31. The van der Waals surface area contributed by atoms with Gasteiger partial charge in [-0.25, -0.2) is 4.39 Å². The second-order valence-electron chi connectivity index (χ2n) is 4.48. The van der Waals surface area contributed by atoms with E-state index in [-0.39, 0.29) is 5.82 Å². The van der Waals surface area contributed by atoms with E-state index >= 15 is 0 Å². The molecule has 1 aliphatic heterocycles. The molecular weight excluding hydrogens is 237 g/mol. The van der Waals surface area contributed by atoms with Crippen LogP contribution in [-0.2, 0) is 0 Å². The Morgan fingerprint density at radius 3 is 2.41 bits per heavy atom. The number of fused-ring (bicyclic) bond motifs is 1. The topological polar surface area (TPSA) is 34.8 Å². The monoisotopic (exact) mass is 251 g/mol. The molecule has 3 rings (SSSR count). The molecule has 1 fully saturated rings. The van der Waals surface area contributed by atoms with Crippen LogP contribution in [0, 0.1) is 10.6 Å². The van der Waals surface area contributed by atoms with E-state index in [1.165, 1.54) is 12.5 Å². The molecule has 0 saturated carbocycles. The summed E-state index contributed by atoms with van der Waals surface area (Å²) in [6.45, 7) is 1.88. The molecule has 5 heteroatoms. The van der Waals surface area contributed by atoms with E-state index < -0.39 is 0 Å². The van der Waals surface area contributed by atoms with E-state index in [4.69, 9.17) is 12.2 Å². The lowest BCUT2D eigenvalue weighted by atomic mass is 10.1. The van der Waals surface area contributed by atoms with Crippen molar-refractivity contribution >= 4 is 28.9 Å². The van der Waals surface area contributed by atoms with E-state index in [2.05, 4.69) is 14.9 Å². The number of H-pyrrole nitrogens is 2. The molecule has 2 aromatic rings. The third kappa shape index (κ3) is 1.95. The Labute approximate surface area is 104 Å². The first-order chi connectivity index (χ1) is 8.24. The normalized spacial score (nSPS) is 16.6.